The molecule has 2 aromatic carbocycles. The van der Waals surface area contributed by atoms with Crippen molar-refractivity contribution < 1.29 is 14.3 Å². The minimum Gasteiger partial charge on any atom is -0.494 e. The minimum atomic E-state index is -0.190. The Morgan fingerprint density at radius 3 is 1.97 bits per heavy atom. The maximum atomic E-state index is 12.3. The fraction of sp³-hybridized carbons (Fsp3) is 0.391. The summed E-state index contributed by atoms with van der Waals surface area (Å²) in [6.07, 6.45) is 2.50. The van der Waals surface area contributed by atoms with Gasteiger partial charge < -0.3 is 9.64 Å². The number of carbonyl (C=O) groups is 2. The van der Waals surface area contributed by atoms with Crippen LogP contribution in [0.2, 0.25) is 0 Å². The van der Waals surface area contributed by atoms with Crippen LogP contribution < -0.4 is 9.64 Å². The summed E-state index contributed by atoms with van der Waals surface area (Å²) in [6, 6.07) is 14.9. The SMILES string of the molecule is O=C1c2ccccc2C(=O)N1CCCCCOc1ccc(N(CCCl)CCCl)cc1. The van der Waals surface area contributed by atoms with E-state index in [9.17, 15) is 9.59 Å². The lowest BCUT2D eigenvalue weighted by molar-refractivity contribution is 0.0651. The zero-order chi connectivity index (χ0) is 21.3. The van der Waals surface area contributed by atoms with Gasteiger partial charge in [0.2, 0.25) is 0 Å². The quantitative estimate of drug-likeness (QED) is 0.265. The highest BCUT2D eigenvalue weighted by Crippen LogP contribution is 2.23. The van der Waals surface area contributed by atoms with Gasteiger partial charge in [-0.25, -0.2) is 0 Å². The highest BCUT2D eigenvalue weighted by Gasteiger charge is 2.34. The van der Waals surface area contributed by atoms with Gasteiger partial charge in [0.1, 0.15) is 5.75 Å². The second-order valence-electron chi connectivity index (χ2n) is 7.08. The first-order valence-electron chi connectivity index (χ1n) is 10.2. The molecule has 0 fully saturated rings. The lowest BCUT2D eigenvalue weighted by Crippen LogP contribution is -2.30. The number of imide groups is 1. The summed E-state index contributed by atoms with van der Waals surface area (Å²) in [7, 11) is 0. The van der Waals surface area contributed by atoms with Gasteiger partial charge in [0.25, 0.3) is 11.8 Å². The van der Waals surface area contributed by atoms with Crippen LogP contribution >= 0.6 is 23.2 Å². The average molecular weight is 449 g/mol. The average Bonchev–Trinajstić information content (AvgIpc) is 3.01. The van der Waals surface area contributed by atoms with E-state index in [1.807, 2.05) is 24.3 Å². The number of carbonyl (C=O) groups excluding carboxylic acids is 2. The Morgan fingerprint density at radius 2 is 1.40 bits per heavy atom. The number of amides is 2. The van der Waals surface area contributed by atoms with E-state index in [-0.39, 0.29) is 11.8 Å². The lowest BCUT2D eigenvalue weighted by Gasteiger charge is -2.23. The van der Waals surface area contributed by atoms with E-state index in [4.69, 9.17) is 27.9 Å². The topological polar surface area (TPSA) is 49.9 Å². The first-order chi connectivity index (χ1) is 14.7. The molecule has 0 radical (unpaired) electrons. The van der Waals surface area contributed by atoms with Gasteiger partial charge in [-0.05, 0) is 55.7 Å². The molecule has 0 N–H and O–H groups in total. The summed E-state index contributed by atoms with van der Waals surface area (Å²) in [5.74, 6) is 1.54. The fourth-order valence-corrected chi connectivity index (χ4v) is 3.92. The Morgan fingerprint density at radius 1 is 0.800 bits per heavy atom. The lowest BCUT2D eigenvalue weighted by atomic mass is 10.1. The molecule has 160 valence electrons. The molecule has 0 aliphatic carbocycles. The fourth-order valence-electron chi connectivity index (χ4n) is 3.51. The molecule has 5 nitrogen and oxygen atoms in total. The molecule has 2 aromatic rings. The van der Waals surface area contributed by atoms with Crippen molar-refractivity contribution in [2.75, 3.05) is 42.9 Å². The predicted octanol–water partition coefficient (Wildman–Crippen LogP) is 4.82. The van der Waals surface area contributed by atoms with Crippen molar-refractivity contribution in [2.45, 2.75) is 19.3 Å². The van der Waals surface area contributed by atoms with E-state index in [0.29, 0.717) is 36.0 Å². The van der Waals surface area contributed by atoms with Gasteiger partial charge in [-0.1, -0.05) is 12.1 Å². The normalized spacial score (nSPS) is 12.9. The van der Waals surface area contributed by atoms with Gasteiger partial charge >= 0.3 is 0 Å². The number of hydrogen-bond donors (Lipinski definition) is 0. The molecule has 0 saturated heterocycles. The number of anilines is 1. The van der Waals surface area contributed by atoms with Crippen LogP contribution in [0.5, 0.6) is 5.75 Å². The van der Waals surface area contributed by atoms with E-state index in [2.05, 4.69) is 4.90 Å². The Balaban J connectivity index is 1.37. The number of unbranched alkanes of at least 4 members (excludes halogenated alkanes) is 2. The molecule has 0 unspecified atom stereocenters. The number of alkyl halides is 2. The van der Waals surface area contributed by atoms with Gasteiger partial charge in [-0.2, -0.15) is 0 Å². The second-order valence-corrected chi connectivity index (χ2v) is 7.83. The van der Waals surface area contributed by atoms with Crippen molar-refractivity contribution in [3.63, 3.8) is 0 Å². The van der Waals surface area contributed by atoms with Crippen LogP contribution in [0.1, 0.15) is 40.0 Å². The molecule has 1 aliphatic heterocycles. The van der Waals surface area contributed by atoms with Crippen molar-refractivity contribution >= 4 is 40.7 Å². The maximum Gasteiger partial charge on any atom is 0.261 e. The summed E-state index contributed by atoms with van der Waals surface area (Å²) >= 11 is 11.7. The Kier molecular flexibility index (Phi) is 8.40. The maximum absolute atomic E-state index is 12.3. The molecule has 0 saturated carbocycles. The number of hydrogen-bond acceptors (Lipinski definition) is 4. The van der Waals surface area contributed by atoms with Crippen molar-refractivity contribution in [3.8, 4) is 5.75 Å². The third kappa shape index (κ3) is 5.46. The van der Waals surface area contributed by atoms with Crippen LogP contribution in [0.25, 0.3) is 0 Å². The van der Waals surface area contributed by atoms with Crippen LogP contribution in [0, 0.1) is 0 Å². The smallest absolute Gasteiger partial charge is 0.261 e. The van der Waals surface area contributed by atoms with E-state index in [0.717, 1.165) is 43.8 Å². The summed E-state index contributed by atoms with van der Waals surface area (Å²) in [6.45, 7) is 2.54. The third-order valence-electron chi connectivity index (χ3n) is 5.08. The van der Waals surface area contributed by atoms with E-state index >= 15 is 0 Å². The molecule has 30 heavy (non-hydrogen) atoms. The van der Waals surface area contributed by atoms with Crippen LogP contribution in [0.3, 0.4) is 0 Å². The molecule has 1 aliphatic rings. The Labute approximate surface area is 187 Å². The molecule has 7 heteroatoms. The summed E-state index contributed by atoms with van der Waals surface area (Å²) in [4.78, 5) is 28.2. The second kappa shape index (κ2) is 11.2. The summed E-state index contributed by atoms with van der Waals surface area (Å²) in [5.41, 5.74) is 2.08. The van der Waals surface area contributed by atoms with Crippen molar-refractivity contribution in [1.29, 1.82) is 0 Å². The first-order valence-corrected chi connectivity index (χ1v) is 11.3. The number of nitrogens with zero attached hydrogens (tertiary/aromatic N) is 2. The number of ether oxygens (including phenoxy) is 1. The van der Waals surface area contributed by atoms with Crippen molar-refractivity contribution in [2.24, 2.45) is 0 Å². The zero-order valence-electron chi connectivity index (χ0n) is 16.9. The molecule has 0 atom stereocenters. The van der Waals surface area contributed by atoms with Crippen molar-refractivity contribution in [1.82, 2.24) is 4.90 Å². The largest absolute Gasteiger partial charge is 0.494 e. The van der Waals surface area contributed by atoms with Gasteiger partial charge in [-0.3, -0.25) is 14.5 Å². The van der Waals surface area contributed by atoms with Gasteiger partial charge in [0.15, 0.2) is 0 Å². The number of halogens is 2. The highest BCUT2D eigenvalue weighted by molar-refractivity contribution is 6.21. The molecule has 1 heterocycles. The third-order valence-corrected chi connectivity index (χ3v) is 5.42. The van der Waals surface area contributed by atoms with Crippen LogP contribution in [0.4, 0.5) is 5.69 Å². The number of benzene rings is 2. The predicted molar refractivity (Wildman–Crippen MR) is 121 cm³/mol. The number of fused-ring (bicyclic) bond motifs is 1. The molecular weight excluding hydrogens is 423 g/mol. The zero-order valence-corrected chi connectivity index (χ0v) is 18.4. The Hall–Kier alpha value is -2.24. The minimum absolute atomic E-state index is 0.190. The van der Waals surface area contributed by atoms with Crippen LogP contribution in [-0.2, 0) is 0 Å². The van der Waals surface area contributed by atoms with Crippen LogP contribution in [-0.4, -0.2) is 54.7 Å². The van der Waals surface area contributed by atoms with Gasteiger partial charge in [0, 0.05) is 37.1 Å². The molecule has 0 bridgehead atoms. The molecular formula is C23H26Cl2N2O3. The molecule has 2 amide bonds. The van der Waals surface area contributed by atoms with E-state index < -0.39 is 0 Å². The first kappa shape index (κ1) is 22.4. The summed E-state index contributed by atoms with van der Waals surface area (Å²) < 4.78 is 5.81. The van der Waals surface area contributed by atoms with E-state index in [1.54, 1.807) is 24.3 Å². The van der Waals surface area contributed by atoms with Crippen molar-refractivity contribution in [3.05, 3.63) is 59.7 Å². The van der Waals surface area contributed by atoms with E-state index in [1.165, 1.54) is 4.90 Å². The molecule has 3 rings (SSSR count). The molecule has 0 aromatic heterocycles. The van der Waals surface area contributed by atoms with Gasteiger partial charge in [0.05, 0.1) is 17.7 Å². The molecule has 0 spiro atoms. The standard InChI is InChI=1S/C23H26Cl2N2O3/c24-12-15-26(16-13-25)18-8-10-19(11-9-18)30-17-5-1-4-14-27-22(28)20-6-2-3-7-21(20)23(27)29/h2-3,6-11H,1,4-5,12-17H2. The Bertz CT molecular complexity index is 817. The number of rotatable bonds is 12. The highest BCUT2D eigenvalue weighted by atomic mass is 35.5. The monoisotopic (exact) mass is 448 g/mol. The van der Waals surface area contributed by atoms with Gasteiger partial charge in [-0.15, -0.1) is 23.2 Å². The summed E-state index contributed by atoms with van der Waals surface area (Å²) in [5, 5.41) is 0. The van der Waals surface area contributed by atoms with Crippen LogP contribution in [0.15, 0.2) is 48.5 Å².